The van der Waals surface area contributed by atoms with Crippen LogP contribution in [0.1, 0.15) is 44.3 Å². The molecule has 22 heavy (non-hydrogen) atoms. The Morgan fingerprint density at radius 2 is 1.86 bits per heavy atom. The topological polar surface area (TPSA) is 31.9 Å². The lowest BCUT2D eigenvalue weighted by Crippen LogP contribution is -2.34. The van der Waals surface area contributed by atoms with E-state index in [4.69, 9.17) is 0 Å². The molecule has 1 atom stereocenters. The van der Waals surface area contributed by atoms with Crippen LogP contribution in [0.5, 0.6) is 0 Å². The SMILES string of the molecule is Fc1cc2nc(CN3CCCC3C3CCCC3)[nH]c2cc1F. The van der Waals surface area contributed by atoms with E-state index >= 15 is 0 Å². The number of halogens is 2. The minimum atomic E-state index is -0.837. The highest BCUT2D eigenvalue weighted by Crippen LogP contribution is 2.36. The molecule has 0 bridgehead atoms. The van der Waals surface area contributed by atoms with Crippen molar-refractivity contribution in [3.63, 3.8) is 0 Å². The lowest BCUT2D eigenvalue weighted by Gasteiger charge is -2.28. The number of imidazole rings is 1. The highest BCUT2D eigenvalue weighted by molar-refractivity contribution is 5.75. The Labute approximate surface area is 128 Å². The van der Waals surface area contributed by atoms with E-state index in [9.17, 15) is 8.78 Å². The van der Waals surface area contributed by atoms with Gasteiger partial charge in [-0.05, 0) is 38.1 Å². The standard InChI is InChI=1S/C17H21F2N3/c18-12-8-14-15(9-13(12)19)21-17(20-14)10-22-7-3-6-16(22)11-4-1-2-5-11/h8-9,11,16H,1-7,10H2,(H,20,21). The number of hydrogen-bond donors (Lipinski definition) is 1. The first-order valence-electron chi connectivity index (χ1n) is 8.28. The number of nitrogens with one attached hydrogen (secondary N) is 1. The van der Waals surface area contributed by atoms with Gasteiger partial charge in [0.1, 0.15) is 5.82 Å². The van der Waals surface area contributed by atoms with Gasteiger partial charge in [0.05, 0.1) is 17.6 Å². The largest absolute Gasteiger partial charge is 0.341 e. The maximum Gasteiger partial charge on any atom is 0.161 e. The molecule has 2 aliphatic rings. The van der Waals surface area contributed by atoms with Crippen molar-refractivity contribution in [1.82, 2.24) is 14.9 Å². The molecule has 1 N–H and O–H groups in total. The average Bonchev–Trinajstić information content (AvgIpc) is 3.19. The summed E-state index contributed by atoms with van der Waals surface area (Å²) in [5, 5.41) is 0. The third-order valence-corrected chi connectivity index (χ3v) is 5.28. The second-order valence-corrected chi connectivity index (χ2v) is 6.69. The lowest BCUT2D eigenvalue weighted by atomic mass is 9.96. The molecule has 0 spiro atoms. The van der Waals surface area contributed by atoms with Crippen LogP contribution in [-0.2, 0) is 6.54 Å². The van der Waals surface area contributed by atoms with Gasteiger partial charge in [0.2, 0.25) is 0 Å². The van der Waals surface area contributed by atoms with Gasteiger partial charge >= 0.3 is 0 Å². The van der Waals surface area contributed by atoms with E-state index in [0.29, 0.717) is 17.1 Å². The van der Waals surface area contributed by atoms with E-state index in [0.717, 1.165) is 24.8 Å². The molecule has 1 saturated heterocycles. The Morgan fingerprint density at radius 1 is 1.09 bits per heavy atom. The molecule has 1 aliphatic carbocycles. The summed E-state index contributed by atoms with van der Waals surface area (Å²) in [6.07, 6.45) is 7.92. The van der Waals surface area contributed by atoms with Gasteiger partial charge in [-0.2, -0.15) is 0 Å². The third kappa shape index (κ3) is 2.51. The fraction of sp³-hybridized carbons (Fsp3) is 0.588. The summed E-state index contributed by atoms with van der Waals surface area (Å²) in [4.78, 5) is 10.1. The Balaban J connectivity index is 1.54. The van der Waals surface area contributed by atoms with Crippen LogP contribution < -0.4 is 0 Å². The number of nitrogens with zero attached hydrogens (tertiary/aromatic N) is 2. The van der Waals surface area contributed by atoms with Gasteiger partial charge in [0, 0.05) is 18.2 Å². The summed E-state index contributed by atoms with van der Waals surface area (Å²) in [5.74, 6) is -0.0325. The molecule has 2 fully saturated rings. The zero-order valence-corrected chi connectivity index (χ0v) is 12.6. The molecule has 1 unspecified atom stereocenters. The van der Waals surface area contributed by atoms with Crippen LogP contribution in [0.2, 0.25) is 0 Å². The molecule has 4 rings (SSSR count). The lowest BCUT2D eigenvalue weighted by molar-refractivity contribution is 0.180. The van der Waals surface area contributed by atoms with Gasteiger partial charge in [0.15, 0.2) is 11.6 Å². The number of benzene rings is 1. The van der Waals surface area contributed by atoms with Crippen molar-refractivity contribution in [2.75, 3.05) is 6.54 Å². The molecular formula is C17H21F2N3. The van der Waals surface area contributed by atoms with Gasteiger partial charge in [-0.15, -0.1) is 0 Å². The predicted octanol–water partition coefficient (Wildman–Crippen LogP) is 4.00. The molecule has 1 aromatic carbocycles. The van der Waals surface area contributed by atoms with E-state index < -0.39 is 11.6 Å². The number of rotatable bonds is 3. The number of aromatic amines is 1. The van der Waals surface area contributed by atoms with E-state index in [-0.39, 0.29) is 0 Å². The maximum atomic E-state index is 13.3. The fourth-order valence-corrected chi connectivity index (χ4v) is 4.25. The van der Waals surface area contributed by atoms with Crippen LogP contribution in [0.25, 0.3) is 11.0 Å². The number of H-pyrrole nitrogens is 1. The number of fused-ring (bicyclic) bond motifs is 1. The van der Waals surface area contributed by atoms with Crippen molar-refractivity contribution in [2.45, 2.75) is 51.1 Å². The molecule has 0 radical (unpaired) electrons. The summed E-state index contributed by atoms with van der Waals surface area (Å²) in [7, 11) is 0. The van der Waals surface area contributed by atoms with Crippen molar-refractivity contribution < 1.29 is 8.78 Å². The molecule has 2 aromatic rings. The van der Waals surface area contributed by atoms with Gasteiger partial charge in [-0.3, -0.25) is 4.90 Å². The molecule has 1 aromatic heterocycles. The van der Waals surface area contributed by atoms with E-state index in [2.05, 4.69) is 14.9 Å². The summed E-state index contributed by atoms with van der Waals surface area (Å²) >= 11 is 0. The van der Waals surface area contributed by atoms with Gasteiger partial charge in [-0.1, -0.05) is 12.8 Å². The predicted molar refractivity (Wildman–Crippen MR) is 81.4 cm³/mol. The Kier molecular flexibility index (Phi) is 3.60. The Hall–Kier alpha value is -1.49. The van der Waals surface area contributed by atoms with Crippen LogP contribution >= 0.6 is 0 Å². The van der Waals surface area contributed by atoms with Gasteiger partial charge < -0.3 is 4.98 Å². The van der Waals surface area contributed by atoms with E-state index in [1.807, 2.05) is 0 Å². The Bertz CT molecular complexity index is 637. The second-order valence-electron chi connectivity index (χ2n) is 6.69. The first-order valence-corrected chi connectivity index (χ1v) is 8.28. The molecule has 2 heterocycles. The van der Waals surface area contributed by atoms with Crippen molar-refractivity contribution in [1.29, 1.82) is 0 Å². The number of likely N-dealkylation sites (tertiary alicyclic amines) is 1. The van der Waals surface area contributed by atoms with Crippen molar-refractivity contribution in [3.05, 3.63) is 29.6 Å². The first-order chi connectivity index (χ1) is 10.7. The summed E-state index contributed by atoms with van der Waals surface area (Å²) in [5.41, 5.74) is 1.08. The molecule has 0 amide bonds. The molecule has 3 nitrogen and oxygen atoms in total. The molecule has 5 heteroatoms. The molecule has 1 saturated carbocycles. The summed E-state index contributed by atoms with van der Waals surface area (Å²) in [6, 6.07) is 3.02. The second kappa shape index (κ2) is 5.61. The quantitative estimate of drug-likeness (QED) is 0.929. The van der Waals surface area contributed by atoms with Crippen molar-refractivity contribution >= 4 is 11.0 Å². The summed E-state index contributed by atoms with van der Waals surface area (Å²) in [6.45, 7) is 1.85. The number of hydrogen-bond acceptors (Lipinski definition) is 2. The maximum absolute atomic E-state index is 13.3. The fourth-order valence-electron chi connectivity index (χ4n) is 4.25. The number of aromatic nitrogens is 2. The van der Waals surface area contributed by atoms with Crippen LogP contribution in [0.3, 0.4) is 0 Å². The van der Waals surface area contributed by atoms with Crippen LogP contribution in [0, 0.1) is 17.6 Å². The van der Waals surface area contributed by atoms with Crippen molar-refractivity contribution in [2.24, 2.45) is 5.92 Å². The van der Waals surface area contributed by atoms with Gasteiger partial charge in [0.25, 0.3) is 0 Å². The molecule has 118 valence electrons. The molecule has 1 aliphatic heterocycles. The molecular weight excluding hydrogens is 284 g/mol. The van der Waals surface area contributed by atoms with Crippen molar-refractivity contribution in [3.8, 4) is 0 Å². The summed E-state index contributed by atoms with van der Waals surface area (Å²) < 4.78 is 26.6. The minimum Gasteiger partial charge on any atom is -0.341 e. The zero-order chi connectivity index (χ0) is 15.1. The normalized spacial score (nSPS) is 23.8. The average molecular weight is 305 g/mol. The third-order valence-electron chi connectivity index (χ3n) is 5.28. The minimum absolute atomic E-state index is 0.505. The monoisotopic (exact) mass is 305 g/mol. The Morgan fingerprint density at radius 3 is 2.68 bits per heavy atom. The smallest absolute Gasteiger partial charge is 0.161 e. The van der Waals surface area contributed by atoms with E-state index in [1.54, 1.807) is 0 Å². The van der Waals surface area contributed by atoms with E-state index in [1.165, 1.54) is 50.7 Å². The highest BCUT2D eigenvalue weighted by atomic mass is 19.2. The van der Waals surface area contributed by atoms with Gasteiger partial charge in [-0.25, -0.2) is 13.8 Å². The zero-order valence-electron chi connectivity index (χ0n) is 12.6. The van der Waals surface area contributed by atoms with Crippen LogP contribution in [-0.4, -0.2) is 27.5 Å². The highest BCUT2D eigenvalue weighted by Gasteiger charge is 2.33. The first kappa shape index (κ1) is 14.1. The van der Waals surface area contributed by atoms with Crippen LogP contribution in [0.4, 0.5) is 8.78 Å². The van der Waals surface area contributed by atoms with Crippen LogP contribution in [0.15, 0.2) is 12.1 Å².